The zero-order valence-electron chi connectivity index (χ0n) is 24.0. The third kappa shape index (κ3) is 5.88. The number of methoxy groups -OCH3 is 2. The quantitative estimate of drug-likeness (QED) is 0.224. The molecule has 0 fully saturated rings. The first-order valence-corrected chi connectivity index (χ1v) is 14.1. The van der Waals surface area contributed by atoms with Crippen molar-refractivity contribution in [3.63, 3.8) is 0 Å². The number of nitrogens with one attached hydrogen (secondary N) is 1. The van der Waals surface area contributed by atoms with E-state index < -0.39 is 11.9 Å². The lowest BCUT2D eigenvalue weighted by Gasteiger charge is -2.18. The van der Waals surface area contributed by atoms with Crippen LogP contribution in [0, 0.1) is 6.92 Å². The topological polar surface area (TPSA) is 107 Å². The summed E-state index contributed by atoms with van der Waals surface area (Å²) in [5.41, 5.74) is 2.92. The van der Waals surface area contributed by atoms with Crippen molar-refractivity contribution in [2.75, 3.05) is 39.2 Å². The smallest absolute Gasteiger partial charge is 0.341 e. The summed E-state index contributed by atoms with van der Waals surface area (Å²) >= 11 is 1.08. The molecule has 0 atom stereocenters. The molecule has 10 heteroatoms. The van der Waals surface area contributed by atoms with Crippen LogP contribution >= 0.6 is 11.3 Å². The van der Waals surface area contributed by atoms with Gasteiger partial charge in [-0.1, -0.05) is 18.2 Å². The molecule has 0 aliphatic carbocycles. The van der Waals surface area contributed by atoms with Crippen molar-refractivity contribution >= 4 is 45.0 Å². The molecule has 0 bridgehead atoms. The fraction of sp³-hybridized carbons (Fsp3) is 0.290. The van der Waals surface area contributed by atoms with Gasteiger partial charge in [-0.2, -0.15) is 0 Å². The number of esters is 1. The number of hydrogen-bond donors (Lipinski definition) is 1. The summed E-state index contributed by atoms with van der Waals surface area (Å²) in [6.45, 7) is 8.39. The number of amides is 2. The summed E-state index contributed by atoms with van der Waals surface area (Å²) in [7, 11) is 3.11. The average Bonchev–Trinajstić information content (AvgIpc) is 3.31. The third-order valence-electron chi connectivity index (χ3n) is 6.74. The largest absolute Gasteiger partial charge is 0.493 e. The molecule has 4 rings (SSSR count). The molecule has 2 aromatic heterocycles. The molecular weight excluding hydrogens is 542 g/mol. The number of benzene rings is 2. The van der Waals surface area contributed by atoms with Crippen LogP contribution in [0.1, 0.15) is 56.7 Å². The van der Waals surface area contributed by atoms with Gasteiger partial charge in [0.2, 0.25) is 0 Å². The highest BCUT2D eigenvalue weighted by molar-refractivity contribution is 7.18. The Kier molecular flexibility index (Phi) is 9.24. The Morgan fingerprint density at radius 3 is 2.32 bits per heavy atom. The lowest BCUT2D eigenvalue weighted by molar-refractivity contribution is 0.0527. The van der Waals surface area contributed by atoms with Crippen LogP contribution in [0.2, 0.25) is 0 Å². The van der Waals surface area contributed by atoms with Crippen molar-refractivity contribution in [3.05, 3.63) is 70.1 Å². The Bertz CT molecular complexity index is 1610. The summed E-state index contributed by atoms with van der Waals surface area (Å²) in [6.07, 6.45) is 0. The third-order valence-corrected chi connectivity index (χ3v) is 7.93. The predicted molar refractivity (Wildman–Crippen MR) is 161 cm³/mol. The SMILES string of the molecule is CCOC(=O)c1c(NC(=O)c2cc(-c3ccc(OC)c(OC)c3)nc3ccccc23)sc(C(=O)N(CC)CC)c1C. The number of thiophene rings is 1. The minimum atomic E-state index is -0.597. The molecule has 0 unspecified atom stereocenters. The maximum atomic E-state index is 13.9. The first-order valence-electron chi connectivity index (χ1n) is 13.3. The first kappa shape index (κ1) is 29.5. The van der Waals surface area contributed by atoms with E-state index in [1.54, 1.807) is 51.2 Å². The number of carbonyl (C=O) groups excluding carboxylic acids is 3. The van der Waals surface area contributed by atoms with Crippen molar-refractivity contribution in [3.8, 4) is 22.8 Å². The van der Waals surface area contributed by atoms with Gasteiger partial charge in [0.05, 0.1) is 48.0 Å². The first-order chi connectivity index (χ1) is 19.8. The van der Waals surface area contributed by atoms with Crippen LogP contribution in [0.3, 0.4) is 0 Å². The van der Waals surface area contributed by atoms with E-state index in [1.807, 2.05) is 44.2 Å². The second-order valence-electron chi connectivity index (χ2n) is 9.05. The van der Waals surface area contributed by atoms with Gasteiger partial charge in [0, 0.05) is 24.0 Å². The minimum Gasteiger partial charge on any atom is -0.493 e. The fourth-order valence-electron chi connectivity index (χ4n) is 4.59. The lowest BCUT2D eigenvalue weighted by atomic mass is 10.0. The molecule has 41 heavy (non-hydrogen) atoms. The number of nitrogens with zero attached hydrogens (tertiary/aromatic N) is 2. The standard InChI is InChI=1S/C31H33N3O6S/c1-7-34(8-2)30(36)27-18(4)26(31(37)40-9-3)29(41-27)33-28(35)21-17-23(32-22-13-11-10-12-20(21)22)19-14-15-24(38-5)25(16-19)39-6/h10-17H,7-9H2,1-6H3,(H,33,35). The van der Waals surface area contributed by atoms with E-state index in [0.717, 1.165) is 16.9 Å². The van der Waals surface area contributed by atoms with E-state index in [1.165, 1.54) is 0 Å². The van der Waals surface area contributed by atoms with Gasteiger partial charge < -0.3 is 24.4 Å². The summed E-state index contributed by atoms with van der Waals surface area (Å²) in [4.78, 5) is 47.0. The molecular formula is C31H33N3O6S. The van der Waals surface area contributed by atoms with Gasteiger partial charge in [-0.25, -0.2) is 9.78 Å². The molecule has 0 aliphatic heterocycles. The molecule has 0 saturated heterocycles. The molecule has 9 nitrogen and oxygen atoms in total. The van der Waals surface area contributed by atoms with Gasteiger partial charge >= 0.3 is 5.97 Å². The monoisotopic (exact) mass is 575 g/mol. The minimum absolute atomic E-state index is 0.157. The van der Waals surface area contributed by atoms with E-state index in [-0.39, 0.29) is 23.1 Å². The van der Waals surface area contributed by atoms with Crippen LogP contribution in [0.4, 0.5) is 5.00 Å². The number of anilines is 1. The zero-order chi connectivity index (χ0) is 29.7. The zero-order valence-corrected chi connectivity index (χ0v) is 24.8. The van der Waals surface area contributed by atoms with Crippen LogP contribution in [-0.4, -0.2) is 61.6 Å². The summed E-state index contributed by atoms with van der Waals surface area (Å²) in [5, 5.41) is 3.80. The van der Waals surface area contributed by atoms with Gasteiger partial charge in [0.15, 0.2) is 11.5 Å². The van der Waals surface area contributed by atoms with Crippen molar-refractivity contribution < 1.29 is 28.6 Å². The molecule has 2 amide bonds. The van der Waals surface area contributed by atoms with Gasteiger partial charge in [-0.05, 0) is 63.6 Å². The highest BCUT2D eigenvalue weighted by Crippen LogP contribution is 2.36. The van der Waals surface area contributed by atoms with Gasteiger partial charge in [0.25, 0.3) is 11.8 Å². The van der Waals surface area contributed by atoms with Gasteiger partial charge in [-0.15, -0.1) is 11.3 Å². The molecule has 2 aromatic carbocycles. The highest BCUT2D eigenvalue weighted by atomic mass is 32.1. The van der Waals surface area contributed by atoms with E-state index in [0.29, 0.717) is 57.2 Å². The number of para-hydroxylation sites is 1. The van der Waals surface area contributed by atoms with Crippen LogP contribution in [0.15, 0.2) is 48.5 Å². The van der Waals surface area contributed by atoms with Crippen molar-refractivity contribution in [1.82, 2.24) is 9.88 Å². The number of hydrogen-bond acceptors (Lipinski definition) is 8. The second-order valence-corrected chi connectivity index (χ2v) is 10.1. The number of pyridine rings is 1. The van der Waals surface area contributed by atoms with E-state index in [9.17, 15) is 14.4 Å². The number of aromatic nitrogens is 1. The van der Waals surface area contributed by atoms with Crippen LogP contribution in [-0.2, 0) is 4.74 Å². The van der Waals surface area contributed by atoms with Crippen LogP contribution < -0.4 is 14.8 Å². The Hall–Kier alpha value is -4.44. The van der Waals surface area contributed by atoms with Crippen molar-refractivity contribution in [2.45, 2.75) is 27.7 Å². The summed E-state index contributed by atoms with van der Waals surface area (Å²) in [5.74, 6) is -0.137. The second kappa shape index (κ2) is 12.8. The Balaban J connectivity index is 1.82. The summed E-state index contributed by atoms with van der Waals surface area (Å²) in [6, 6.07) is 14.4. The fourth-order valence-corrected chi connectivity index (χ4v) is 5.74. The number of carbonyl (C=O) groups is 3. The Labute approximate surface area is 243 Å². The molecule has 0 saturated carbocycles. The molecule has 2 heterocycles. The molecule has 214 valence electrons. The molecule has 0 spiro atoms. The predicted octanol–water partition coefficient (Wildman–Crippen LogP) is 6.20. The van der Waals surface area contributed by atoms with Crippen molar-refractivity contribution in [1.29, 1.82) is 0 Å². The van der Waals surface area contributed by atoms with E-state index in [4.69, 9.17) is 19.2 Å². The number of fused-ring (bicyclic) bond motifs is 1. The lowest BCUT2D eigenvalue weighted by Crippen LogP contribution is -2.30. The Morgan fingerprint density at radius 1 is 0.951 bits per heavy atom. The molecule has 1 N–H and O–H groups in total. The highest BCUT2D eigenvalue weighted by Gasteiger charge is 2.29. The average molecular weight is 576 g/mol. The van der Waals surface area contributed by atoms with Gasteiger partial charge in [-0.3, -0.25) is 9.59 Å². The summed E-state index contributed by atoms with van der Waals surface area (Å²) < 4.78 is 16.1. The van der Waals surface area contributed by atoms with Crippen molar-refractivity contribution in [2.24, 2.45) is 0 Å². The normalized spacial score (nSPS) is 10.8. The van der Waals surface area contributed by atoms with E-state index >= 15 is 0 Å². The van der Waals surface area contributed by atoms with Crippen LogP contribution in [0.25, 0.3) is 22.2 Å². The maximum absolute atomic E-state index is 13.9. The van der Waals surface area contributed by atoms with E-state index in [2.05, 4.69) is 5.32 Å². The Morgan fingerprint density at radius 2 is 1.66 bits per heavy atom. The number of ether oxygens (including phenoxy) is 3. The molecule has 4 aromatic rings. The molecule has 0 aliphatic rings. The molecule has 0 radical (unpaired) electrons. The number of rotatable bonds is 10. The van der Waals surface area contributed by atoms with Crippen LogP contribution in [0.5, 0.6) is 11.5 Å². The maximum Gasteiger partial charge on any atom is 0.341 e. The van der Waals surface area contributed by atoms with Gasteiger partial charge in [0.1, 0.15) is 5.00 Å².